The van der Waals surface area contributed by atoms with Gasteiger partial charge in [-0.05, 0) is 11.6 Å². The summed E-state index contributed by atoms with van der Waals surface area (Å²) in [5, 5.41) is 10.9. The number of benzene rings is 1. The van der Waals surface area contributed by atoms with Crippen LogP contribution in [0.4, 0.5) is 5.69 Å². The molecule has 0 fully saturated rings. The second-order valence-electron chi connectivity index (χ2n) is 3.92. The third-order valence-corrected chi connectivity index (χ3v) is 2.99. The van der Waals surface area contributed by atoms with Crippen molar-refractivity contribution in [3.8, 4) is 5.75 Å². The quantitative estimate of drug-likeness (QED) is 0.421. The summed E-state index contributed by atoms with van der Waals surface area (Å²) in [4.78, 5) is 12.5. The Hall–Kier alpha value is -1.04. The van der Waals surface area contributed by atoms with Crippen molar-refractivity contribution < 1.29 is 9.66 Å². The van der Waals surface area contributed by atoms with Gasteiger partial charge in [0.15, 0.2) is 5.75 Å². The van der Waals surface area contributed by atoms with Gasteiger partial charge < -0.3 is 4.74 Å². The van der Waals surface area contributed by atoms with Crippen LogP contribution in [0.3, 0.4) is 0 Å². The lowest BCUT2D eigenvalue weighted by Crippen LogP contribution is -2.27. The van der Waals surface area contributed by atoms with Gasteiger partial charge in [-0.15, -0.1) is 23.2 Å². The van der Waals surface area contributed by atoms with Gasteiger partial charge in [0.1, 0.15) is 0 Å². The van der Waals surface area contributed by atoms with Gasteiger partial charge in [0.05, 0.1) is 12.0 Å². The van der Waals surface area contributed by atoms with Crippen LogP contribution in [-0.2, 0) is 6.54 Å². The highest BCUT2D eigenvalue weighted by Gasteiger charge is 2.16. The fourth-order valence-electron chi connectivity index (χ4n) is 1.74. The predicted octanol–water partition coefficient (Wildman–Crippen LogP) is 2.88. The molecule has 0 amide bonds. The van der Waals surface area contributed by atoms with Crippen molar-refractivity contribution in [2.45, 2.75) is 6.54 Å². The molecule has 0 N–H and O–H groups in total. The molecule has 1 rings (SSSR count). The molecule has 1 aromatic carbocycles. The Bertz CT molecular complexity index is 423. The summed E-state index contributed by atoms with van der Waals surface area (Å²) in [6.45, 7) is 1.95. The summed E-state index contributed by atoms with van der Waals surface area (Å²) < 4.78 is 4.96. The molecule has 0 saturated carbocycles. The summed E-state index contributed by atoms with van der Waals surface area (Å²) in [5.41, 5.74) is 0.805. The topological polar surface area (TPSA) is 55.6 Å². The summed E-state index contributed by atoms with van der Waals surface area (Å²) in [5.74, 6) is 1.25. The molecule has 0 bridgehead atoms. The van der Waals surface area contributed by atoms with Gasteiger partial charge in [-0.25, -0.2) is 0 Å². The largest absolute Gasteiger partial charge is 0.490 e. The van der Waals surface area contributed by atoms with Gasteiger partial charge in [0, 0.05) is 37.5 Å². The van der Waals surface area contributed by atoms with Gasteiger partial charge in [0.25, 0.3) is 0 Å². The first kappa shape index (κ1) is 16.0. The van der Waals surface area contributed by atoms with Crippen LogP contribution in [0.5, 0.6) is 5.75 Å². The van der Waals surface area contributed by atoms with E-state index in [9.17, 15) is 10.1 Å². The molecule has 0 heterocycles. The monoisotopic (exact) mass is 306 g/mol. The minimum Gasteiger partial charge on any atom is -0.490 e. The molecule has 0 aliphatic heterocycles. The Kier molecular flexibility index (Phi) is 6.91. The summed E-state index contributed by atoms with van der Waals surface area (Å²) in [6.07, 6.45) is 0. The zero-order valence-electron chi connectivity index (χ0n) is 10.6. The van der Waals surface area contributed by atoms with E-state index in [1.165, 1.54) is 13.2 Å². The summed E-state index contributed by atoms with van der Waals surface area (Å²) in [6, 6.07) is 4.93. The van der Waals surface area contributed by atoms with E-state index in [-0.39, 0.29) is 11.4 Å². The maximum absolute atomic E-state index is 10.9. The molecule has 0 saturated heterocycles. The lowest BCUT2D eigenvalue weighted by atomic mass is 10.1. The van der Waals surface area contributed by atoms with Crippen molar-refractivity contribution in [2.24, 2.45) is 0 Å². The lowest BCUT2D eigenvalue weighted by molar-refractivity contribution is -0.385. The number of methoxy groups -OCH3 is 1. The molecule has 106 valence electrons. The maximum Gasteiger partial charge on any atom is 0.311 e. The van der Waals surface area contributed by atoms with Crippen molar-refractivity contribution in [3.05, 3.63) is 33.9 Å². The van der Waals surface area contributed by atoms with Crippen molar-refractivity contribution in [2.75, 3.05) is 32.0 Å². The Labute approximate surface area is 122 Å². The Morgan fingerprint density at radius 1 is 1.32 bits per heavy atom. The smallest absolute Gasteiger partial charge is 0.311 e. The standard InChI is InChI=1S/C12H16Cl2N2O3/c1-19-12-3-2-10(8-11(12)16(17)18)9-15(6-4-13)7-5-14/h2-3,8H,4-7,9H2,1H3. The third kappa shape index (κ3) is 4.86. The van der Waals surface area contributed by atoms with Crippen molar-refractivity contribution in [3.63, 3.8) is 0 Å². The Morgan fingerprint density at radius 3 is 2.42 bits per heavy atom. The molecule has 0 radical (unpaired) electrons. The summed E-state index contributed by atoms with van der Waals surface area (Å²) >= 11 is 11.4. The fourth-order valence-corrected chi connectivity index (χ4v) is 2.22. The first-order valence-corrected chi connectivity index (χ1v) is 6.84. The van der Waals surface area contributed by atoms with E-state index in [0.717, 1.165) is 5.56 Å². The summed E-state index contributed by atoms with van der Waals surface area (Å²) in [7, 11) is 1.41. The molecular formula is C12H16Cl2N2O3. The number of nitrogens with zero attached hydrogens (tertiary/aromatic N) is 2. The highest BCUT2D eigenvalue weighted by Crippen LogP contribution is 2.27. The molecule has 0 aliphatic rings. The van der Waals surface area contributed by atoms with Crippen LogP contribution in [-0.4, -0.2) is 41.8 Å². The molecule has 5 nitrogen and oxygen atoms in total. The number of alkyl halides is 2. The van der Waals surface area contributed by atoms with Crippen LogP contribution in [0.25, 0.3) is 0 Å². The van der Waals surface area contributed by atoms with Gasteiger partial charge >= 0.3 is 5.69 Å². The highest BCUT2D eigenvalue weighted by molar-refractivity contribution is 6.18. The average Bonchev–Trinajstić information content (AvgIpc) is 2.39. The number of hydrogen-bond donors (Lipinski definition) is 0. The molecular weight excluding hydrogens is 291 g/mol. The number of rotatable bonds is 8. The Balaban J connectivity index is 2.88. The molecule has 0 atom stereocenters. The third-order valence-electron chi connectivity index (χ3n) is 2.65. The van der Waals surface area contributed by atoms with Crippen molar-refractivity contribution >= 4 is 28.9 Å². The second kappa shape index (κ2) is 8.19. The van der Waals surface area contributed by atoms with Crippen molar-refractivity contribution in [1.82, 2.24) is 4.90 Å². The molecule has 1 aromatic rings. The van der Waals surface area contributed by atoms with E-state index in [2.05, 4.69) is 0 Å². The predicted molar refractivity (Wildman–Crippen MR) is 76.4 cm³/mol. The molecule has 0 unspecified atom stereocenters. The van der Waals surface area contributed by atoms with Crippen LogP contribution < -0.4 is 4.74 Å². The maximum atomic E-state index is 10.9. The first-order chi connectivity index (χ1) is 9.12. The van der Waals surface area contributed by atoms with Gasteiger partial charge in [-0.2, -0.15) is 0 Å². The number of halogens is 2. The van der Waals surface area contributed by atoms with Crippen LogP contribution in [0.1, 0.15) is 5.56 Å². The SMILES string of the molecule is COc1ccc(CN(CCCl)CCCl)cc1[N+](=O)[O-]. The zero-order valence-corrected chi connectivity index (χ0v) is 12.2. The van der Waals surface area contributed by atoms with Crippen LogP contribution in [0.15, 0.2) is 18.2 Å². The number of nitro benzene ring substituents is 1. The zero-order chi connectivity index (χ0) is 14.3. The van der Waals surface area contributed by atoms with Crippen LogP contribution in [0, 0.1) is 10.1 Å². The number of nitro groups is 1. The first-order valence-electron chi connectivity index (χ1n) is 5.78. The normalized spacial score (nSPS) is 10.7. The second-order valence-corrected chi connectivity index (χ2v) is 4.67. The lowest BCUT2D eigenvalue weighted by Gasteiger charge is -2.20. The van der Waals surface area contributed by atoms with E-state index in [1.54, 1.807) is 12.1 Å². The minimum atomic E-state index is -0.449. The van der Waals surface area contributed by atoms with E-state index in [0.29, 0.717) is 31.4 Å². The van der Waals surface area contributed by atoms with Crippen LogP contribution >= 0.6 is 23.2 Å². The van der Waals surface area contributed by atoms with Gasteiger partial charge in [-0.1, -0.05) is 6.07 Å². The van der Waals surface area contributed by atoms with Crippen LogP contribution in [0.2, 0.25) is 0 Å². The Morgan fingerprint density at radius 2 is 1.95 bits per heavy atom. The highest BCUT2D eigenvalue weighted by atomic mass is 35.5. The van der Waals surface area contributed by atoms with Gasteiger partial charge in [0.2, 0.25) is 0 Å². The van der Waals surface area contributed by atoms with E-state index in [1.807, 2.05) is 4.90 Å². The molecule has 0 spiro atoms. The molecule has 0 aliphatic carbocycles. The molecule has 0 aromatic heterocycles. The molecule has 19 heavy (non-hydrogen) atoms. The number of hydrogen-bond acceptors (Lipinski definition) is 4. The minimum absolute atomic E-state index is 0.0308. The van der Waals surface area contributed by atoms with E-state index >= 15 is 0 Å². The van der Waals surface area contributed by atoms with Crippen molar-refractivity contribution in [1.29, 1.82) is 0 Å². The average molecular weight is 307 g/mol. The number of ether oxygens (including phenoxy) is 1. The fraction of sp³-hybridized carbons (Fsp3) is 0.500. The molecule has 7 heteroatoms. The van der Waals surface area contributed by atoms with E-state index in [4.69, 9.17) is 27.9 Å². The van der Waals surface area contributed by atoms with Gasteiger partial charge in [-0.3, -0.25) is 15.0 Å². The van der Waals surface area contributed by atoms with E-state index < -0.39 is 4.92 Å².